The lowest BCUT2D eigenvalue weighted by Gasteiger charge is -2.27. The zero-order chi connectivity index (χ0) is 53.3. The van der Waals surface area contributed by atoms with Crippen LogP contribution in [-0.2, 0) is 0 Å². The number of fused-ring (bicyclic) bond motifs is 22. The summed E-state index contributed by atoms with van der Waals surface area (Å²) in [7, 11) is 0. The van der Waals surface area contributed by atoms with E-state index in [1.165, 1.54) is 0 Å². The molecule has 0 atom stereocenters. The number of anilines is 6. The summed E-state index contributed by atoms with van der Waals surface area (Å²) in [5.41, 5.74) is 15.6. The van der Waals surface area contributed by atoms with Gasteiger partial charge in [0.05, 0.1) is 11.4 Å². The first kappa shape index (κ1) is 43.7. The number of hydrogen-bond donors (Lipinski definition) is 0. The fourth-order valence-corrected chi connectivity index (χ4v) is 13.4. The summed E-state index contributed by atoms with van der Waals surface area (Å²) in [6, 6.07) is 84.9. The van der Waals surface area contributed by atoms with E-state index in [4.69, 9.17) is 26.5 Å². The predicted molar refractivity (Wildman–Crippen MR) is 334 cm³/mol. The van der Waals surface area contributed by atoms with Gasteiger partial charge in [0.25, 0.3) is 0 Å². The van der Waals surface area contributed by atoms with Gasteiger partial charge < -0.3 is 36.3 Å². The Kier molecular flexibility index (Phi) is 8.63. The molecule has 382 valence electrons. The van der Waals surface area contributed by atoms with Gasteiger partial charge in [-0.25, -0.2) is 0 Å². The maximum atomic E-state index is 7.10. The van der Waals surface area contributed by atoms with E-state index in [-0.39, 0.29) is 0 Å². The van der Waals surface area contributed by atoms with Gasteiger partial charge in [-0.1, -0.05) is 121 Å². The molecule has 0 amide bonds. The molecule has 82 heavy (non-hydrogen) atoms. The van der Waals surface area contributed by atoms with Crippen LogP contribution in [-0.4, -0.2) is 0 Å². The zero-order valence-corrected chi connectivity index (χ0v) is 43.4. The van der Waals surface area contributed by atoms with E-state index >= 15 is 0 Å². The Labute approximate surface area is 463 Å². The average Bonchev–Trinajstić information content (AvgIpc) is 3.93. The van der Waals surface area contributed by atoms with Gasteiger partial charge in [-0.05, 0) is 114 Å². The molecule has 0 fully saturated rings. The normalized spacial score (nSPS) is 12.4. The largest absolute Gasteiger partial charge is 0.456 e. The van der Waals surface area contributed by atoms with Crippen LogP contribution in [0.25, 0.3) is 153 Å². The van der Waals surface area contributed by atoms with Crippen molar-refractivity contribution in [1.82, 2.24) is 0 Å². The lowest BCUT2D eigenvalue weighted by atomic mass is 9.98. The van der Waals surface area contributed by atoms with Crippen molar-refractivity contribution in [1.29, 1.82) is 0 Å². The summed E-state index contributed by atoms with van der Waals surface area (Å²) >= 11 is 0. The Morgan fingerprint density at radius 3 is 0.768 bits per heavy atom. The second-order valence-corrected chi connectivity index (χ2v) is 21.5. The summed E-state index contributed by atoms with van der Waals surface area (Å²) in [5.74, 6) is 0. The quantitative estimate of drug-likeness (QED) is 0.163. The third-order valence-electron chi connectivity index (χ3n) is 17.0. The number of para-hydroxylation sites is 4. The lowest BCUT2D eigenvalue weighted by Crippen LogP contribution is -2.10. The molecule has 0 unspecified atom stereocenters. The Morgan fingerprint density at radius 2 is 0.439 bits per heavy atom. The molecule has 19 aromatic rings. The fraction of sp³-hybridized carbons (Fsp3) is 0. The average molecular weight is 1050 g/mol. The first-order valence-corrected chi connectivity index (χ1v) is 27.5. The third-order valence-corrected chi connectivity index (χ3v) is 17.0. The van der Waals surface area contributed by atoms with E-state index in [9.17, 15) is 0 Å². The Balaban J connectivity index is 0.829. The second kappa shape index (κ2) is 16.2. The molecule has 0 bridgehead atoms. The Bertz CT molecular complexity index is 5360. The van der Waals surface area contributed by atoms with Gasteiger partial charge in [0.1, 0.15) is 67.0 Å². The molecular formula is C74H40N2O6. The molecule has 0 aliphatic rings. The van der Waals surface area contributed by atoms with Crippen molar-refractivity contribution in [2.45, 2.75) is 0 Å². The van der Waals surface area contributed by atoms with E-state index in [2.05, 4.69) is 204 Å². The monoisotopic (exact) mass is 1050 g/mol. The van der Waals surface area contributed by atoms with Gasteiger partial charge in [-0.15, -0.1) is 0 Å². The van der Waals surface area contributed by atoms with Gasteiger partial charge in [-0.3, -0.25) is 0 Å². The van der Waals surface area contributed by atoms with E-state index < -0.39 is 0 Å². The van der Waals surface area contributed by atoms with Crippen LogP contribution in [0.15, 0.2) is 269 Å². The van der Waals surface area contributed by atoms with Crippen molar-refractivity contribution in [3.8, 4) is 0 Å². The van der Waals surface area contributed by atoms with Gasteiger partial charge in [0.15, 0.2) is 0 Å². The van der Waals surface area contributed by atoms with E-state index in [0.717, 1.165) is 187 Å². The topological polar surface area (TPSA) is 85.3 Å². The number of rotatable bonds is 6. The molecule has 0 radical (unpaired) electrons. The second-order valence-electron chi connectivity index (χ2n) is 21.5. The third kappa shape index (κ3) is 6.14. The van der Waals surface area contributed by atoms with Gasteiger partial charge in [0, 0.05) is 116 Å². The molecule has 0 spiro atoms. The van der Waals surface area contributed by atoms with Crippen LogP contribution in [0.5, 0.6) is 0 Å². The fourth-order valence-electron chi connectivity index (χ4n) is 13.4. The van der Waals surface area contributed by atoms with Crippen LogP contribution in [0.2, 0.25) is 0 Å². The van der Waals surface area contributed by atoms with Gasteiger partial charge in [0.2, 0.25) is 0 Å². The minimum absolute atomic E-state index is 0.737. The van der Waals surface area contributed by atoms with Crippen LogP contribution < -0.4 is 9.80 Å². The maximum absolute atomic E-state index is 7.10. The predicted octanol–water partition coefficient (Wildman–Crippen LogP) is 22.3. The van der Waals surface area contributed by atoms with Crippen LogP contribution in [0.1, 0.15) is 0 Å². The summed E-state index contributed by atoms with van der Waals surface area (Å²) in [4.78, 5) is 4.68. The first-order valence-electron chi connectivity index (χ1n) is 27.5. The smallest absolute Gasteiger partial charge is 0.139 e. The van der Waals surface area contributed by atoms with Crippen LogP contribution in [0.3, 0.4) is 0 Å². The van der Waals surface area contributed by atoms with Crippen LogP contribution >= 0.6 is 0 Å². The summed E-state index contributed by atoms with van der Waals surface area (Å²) < 4.78 is 39.7. The van der Waals surface area contributed by atoms with Crippen molar-refractivity contribution >= 4 is 187 Å². The molecule has 0 saturated carbocycles. The SMILES string of the molecule is c1ccc2c(c1)oc1ccc(N(c3ccc4oc5ccccc5c4c3)c3cc4oc5cc6oc7cc(N(c8ccc9oc%10ccccc%10c9c8)c8ccc9oc%10ccccc%10c9c8)c8ccccc8c7c6cc5c4c4ccccc34)cc12. The summed E-state index contributed by atoms with van der Waals surface area (Å²) in [6.07, 6.45) is 0. The highest BCUT2D eigenvalue weighted by Gasteiger charge is 2.26. The minimum atomic E-state index is 0.737. The van der Waals surface area contributed by atoms with E-state index in [1.54, 1.807) is 0 Å². The molecule has 8 heteroatoms. The van der Waals surface area contributed by atoms with Crippen LogP contribution in [0, 0.1) is 0 Å². The molecule has 6 aromatic heterocycles. The Hall–Kier alpha value is -11.2. The van der Waals surface area contributed by atoms with Crippen molar-refractivity contribution in [3.63, 3.8) is 0 Å². The zero-order valence-electron chi connectivity index (χ0n) is 43.4. The van der Waals surface area contributed by atoms with E-state index in [1.807, 2.05) is 48.5 Å². The molecule has 13 aromatic carbocycles. The van der Waals surface area contributed by atoms with Crippen LogP contribution in [0.4, 0.5) is 34.1 Å². The number of hydrogen-bond acceptors (Lipinski definition) is 8. The van der Waals surface area contributed by atoms with E-state index in [0.29, 0.717) is 0 Å². The molecule has 0 N–H and O–H groups in total. The first-order chi connectivity index (χ1) is 40.6. The molecule has 8 nitrogen and oxygen atoms in total. The van der Waals surface area contributed by atoms with Gasteiger partial charge in [-0.2, -0.15) is 0 Å². The number of benzene rings is 13. The van der Waals surface area contributed by atoms with Crippen molar-refractivity contribution < 1.29 is 26.5 Å². The number of furan rings is 6. The van der Waals surface area contributed by atoms with Gasteiger partial charge >= 0.3 is 0 Å². The molecule has 6 heterocycles. The minimum Gasteiger partial charge on any atom is -0.456 e. The van der Waals surface area contributed by atoms with Crippen molar-refractivity contribution in [2.24, 2.45) is 0 Å². The standard InChI is InChI=1S/C74H40N2O6/c1-3-19-51-45(13-1)59(75(41-25-29-65-53(33-41)47-15-5-9-21-61(47)77-65)42-26-30-66-54(34-42)48-16-6-10-22-62(48)78-66)38-71-73(51)57-37-58-70(40-69(57)81-71)82-72-39-60(46-14-2-4-20-52(46)74(58)72)76(43-27-31-67-55(35-43)49-17-7-11-23-63(49)79-67)44-28-32-68-56(36-44)50-18-8-12-24-64(50)80-68/h1-40H. The molecule has 0 saturated heterocycles. The lowest BCUT2D eigenvalue weighted by molar-refractivity contribution is 0.656. The van der Waals surface area contributed by atoms with Crippen molar-refractivity contribution in [3.05, 3.63) is 243 Å². The molecule has 0 aliphatic heterocycles. The van der Waals surface area contributed by atoms with Crippen molar-refractivity contribution in [2.75, 3.05) is 9.80 Å². The molecular weight excluding hydrogens is 1010 g/mol. The highest BCUT2D eigenvalue weighted by atomic mass is 16.4. The Morgan fingerprint density at radius 1 is 0.171 bits per heavy atom. The number of nitrogens with zero attached hydrogens (tertiary/aromatic N) is 2. The summed E-state index contributed by atoms with van der Waals surface area (Å²) in [6.45, 7) is 0. The summed E-state index contributed by atoms with van der Waals surface area (Å²) in [5, 5.41) is 16.8. The highest BCUT2D eigenvalue weighted by Crippen LogP contribution is 2.51. The molecule has 19 rings (SSSR count). The maximum Gasteiger partial charge on any atom is 0.139 e. The highest BCUT2D eigenvalue weighted by molar-refractivity contribution is 6.29. The molecule has 0 aliphatic carbocycles.